The van der Waals surface area contributed by atoms with Crippen molar-refractivity contribution in [3.8, 4) is 5.75 Å². The van der Waals surface area contributed by atoms with Gasteiger partial charge in [-0.15, -0.1) is 0 Å². The smallest absolute Gasteiger partial charge is 0.215 e. The molecule has 0 saturated carbocycles. The van der Waals surface area contributed by atoms with Gasteiger partial charge in [0.15, 0.2) is 0 Å². The molecule has 0 aliphatic carbocycles. The number of hydrogen-bond donors (Lipinski definition) is 3. The fourth-order valence-electron chi connectivity index (χ4n) is 2.59. The Morgan fingerprint density at radius 3 is 3.05 bits per heavy atom. The lowest BCUT2D eigenvalue weighted by Crippen LogP contribution is -2.23. The Hall–Kier alpha value is -2.50. The molecule has 0 fully saturated rings. The van der Waals surface area contributed by atoms with E-state index in [1.165, 1.54) is 4.68 Å². The van der Waals surface area contributed by atoms with E-state index in [0.29, 0.717) is 6.42 Å². The number of nitrogens with one attached hydrogen (secondary N) is 2. The molecule has 104 valence electrons. The van der Waals surface area contributed by atoms with Crippen LogP contribution in [-0.4, -0.2) is 29.4 Å². The lowest BCUT2D eigenvalue weighted by molar-refractivity contribution is 0.410. The molecule has 2 aromatic rings. The summed E-state index contributed by atoms with van der Waals surface area (Å²) in [5, 5.41) is 15.3. The average molecular weight is 271 g/mol. The van der Waals surface area contributed by atoms with Crippen LogP contribution < -0.4 is 15.8 Å². The summed E-state index contributed by atoms with van der Waals surface area (Å²) in [7, 11) is 1.67. The van der Waals surface area contributed by atoms with E-state index in [0.717, 1.165) is 41.4 Å². The molecule has 1 aromatic carbocycles. The number of rotatable bonds is 3. The Morgan fingerprint density at radius 1 is 1.50 bits per heavy atom. The van der Waals surface area contributed by atoms with Gasteiger partial charge in [0.25, 0.3) is 0 Å². The van der Waals surface area contributed by atoms with Gasteiger partial charge in [0, 0.05) is 24.1 Å². The van der Waals surface area contributed by atoms with Gasteiger partial charge in [0.1, 0.15) is 11.6 Å². The molecule has 1 aromatic heterocycles. The molecule has 6 heteroatoms. The van der Waals surface area contributed by atoms with Crippen molar-refractivity contribution in [3.05, 3.63) is 41.1 Å². The molecule has 1 aliphatic heterocycles. The van der Waals surface area contributed by atoms with Crippen molar-refractivity contribution in [2.75, 3.05) is 19.0 Å². The first-order valence-corrected chi connectivity index (χ1v) is 6.51. The number of benzene rings is 1. The second kappa shape index (κ2) is 4.88. The van der Waals surface area contributed by atoms with Crippen LogP contribution in [-0.2, 0) is 12.8 Å². The van der Waals surface area contributed by atoms with Crippen molar-refractivity contribution >= 4 is 11.8 Å². The zero-order valence-corrected chi connectivity index (χ0v) is 11.3. The first-order valence-electron chi connectivity index (χ1n) is 6.51. The molecule has 0 spiro atoms. The maximum absolute atomic E-state index is 7.59. The van der Waals surface area contributed by atoms with Crippen LogP contribution in [0.1, 0.15) is 16.8 Å². The lowest BCUT2D eigenvalue weighted by Gasteiger charge is -2.07. The third-order valence-electron chi connectivity index (χ3n) is 3.51. The number of hydrogen-bond acceptors (Lipinski definition) is 4. The monoisotopic (exact) mass is 271 g/mol. The first kappa shape index (κ1) is 12.5. The number of nitrogen functional groups attached to an aromatic ring is 1. The summed E-state index contributed by atoms with van der Waals surface area (Å²) < 4.78 is 6.84. The van der Waals surface area contributed by atoms with Crippen molar-refractivity contribution in [2.24, 2.45) is 5.73 Å². The van der Waals surface area contributed by atoms with Gasteiger partial charge in [0.05, 0.1) is 12.8 Å². The molecule has 1 aliphatic rings. The zero-order valence-electron chi connectivity index (χ0n) is 11.3. The predicted molar refractivity (Wildman–Crippen MR) is 77.5 cm³/mol. The summed E-state index contributed by atoms with van der Waals surface area (Å²) in [4.78, 5) is 0. The summed E-state index contributed by atoms with van der Waals surface area (Å²) in [5.74, 6) is 1.63. The van der Waals surface area contributed by atoms with E-state index in [2.05, 4.69) is 10.4 Å². The maximum Gasteiger partial charge on any atom is 0.215 e. The molecule has 0 bridgehead atoms. The van der Waals surface area contributed by atoms with Crippen LogP contribution in [0, 0.1) is 5.41 Å². The highest BCUT2D eigenvalue weighted by Gasteiger charge is 2.23. The number of nitrogens with two attached hydrogens (primary N) is 1. The number of para-hydroxylation sites is 1. The van der Waals surface area contributed by atoms with Gasteiger partial charge in [-0.1, -0.05) is 18.2 Å². The minimum atomic E-state index is -0.0677. The fraction of sp³-hybridized carbons (Fsp3) is 0.286. The molecule has 6 nitrogen and oxygen atoms in total. The largest absolute Gasteiger partial charge is 0.496 e. The number of ether oxygens (including phenoxy) is 1. The molecular weight excluding hydrogens is 254 g/mol. The van der Waals surface area contributed by atoms with Crippen LogP contribution in [0.15, 0.2) is 24.3 Å². The van der Waals surface area contributed by atoms with Gasteiger partial charge >= 0.3 is 0 Å². The van der Waals surface area contributed by atoms with E-state index in [1.807, 2.05) is 24.3 Å². The van der Waals surface area contributed by atoms with Crippen LogP contribution in [0.2, 0.25) is 0 Å². The number of anilines is 1. The molecule has 0 radical (unpaired) electrons. The van der Waals surface area contributed by atoms with Crippen molar-refractivity contribution in [2.45, 2.75) is 12.8 Å². The van der Waals surface area contributed by atoms with Crippen molar-refractivity contribution in [3.63, 3.8) is 0 Å². The summed E-state index contributed by atoms with van der Waals surface area (Å²) in [5.41, 5.74) is 8.74. The van der Waals surface area contributed by atoms with Crippen LogP contribution in [0.3, 0.4) is 0 Å². The molecule has 3 rings (SSSR count). The van der Waals surface area contributed by atoms with Crippen LogP contribution in [0.4, 0.5) is 5.82 Å². The number of aromatic nitrogens is 2. The second-order valence-electron chi connectivity index (χ2n) is 4.74. The van der Waals surface area contributed by atoms with Crippen LogP contribution >= 0.6 is 0 Å². The predicted octanol–water partition coefficient (Wildman–Crippen LogP) is 1.19. The molecule has 0 amide bonds. The average Bonchev–Trinajstić information content (AvgIpc) is 3.03. The van der Waals surface area contributed by atoms with E-state index >= 15 is 0 Å². The minimum Gasteiger partial charge on any atom is -0.496 e. The Morgan fingerprint density at radius 2 is 2.30 bits per heavy atom. The normalized spacial score (nSPS) is 12.8. The minimum absolute atomic E-state index is 0.0677. The lowest BCUT2D eigenvalue weighted by atomic mass is 10.0. The van der Waals surface area contributed by atoms with E-state index in [4.69, 9.17) is 15.9 Å². The molecule has 20 heavy (non-hydrogen) atoms. The van der Waals surface area contributed by atoms with Gasteiger partial charge in [-0.2, -0.15) is 9.78 Å². The van der Waals surface area contributed by atoms with Crippen molar-refractivity contribution < 1.29 is 4.74 Å². The van der Waals surface area contributed by atoms with E-state index in [-0.39, 0.29) is 5.96 Å². The van der Waals surface area contributed by atoms with Crippen molar-refractivity contribution in [1.82, 2.24) is 9.78 Å². The van der Waals surface area contributed by atoms with Gasteiger partial charge in [-0.3, -0.25) is 5.41 Å². The number of fused-ring (bicyclic) bond motifs is 1. The van der Waals surface area contributed by atoms with Gasteiger partial charge in [0.2, 0.25) is 5.96 Å². The third-order valence-corrected chi connectivity index (χ3v) is 3.51. The summed E-state index contributed by atoms with van der Waals surface area (Å²) >= 11 is 0. The van der Waals surface area contributed by atoms with Gasteiger partial charge in [-0.25, -0.2) is 0 Å². The van der Waals surface area contributed by atoms with Crippen LogP contribution in [0.25, 0.3) is 0 Å². The highest BCUT2D eigenvalue weighted by molar-refractivity contribution is 5.81. The Bertz CT molecular complexity index is 662. The Balaban J connectivity index is 1.99. The molecule has 0 atom stereocenters. The van der Waals surface area contributed by atoms with Crippen LogP contribution in [0.5, 0.6) is 5.75 Å². The van der Waals surface area contributed by atoms with E-state index in [1.54, 1.807) is 7.11 Å². The molecular formula is C14H17N5O. The van der Waals surface area contributed by atoms with Gasteiger partial charge < -0.3 is 15.8 Å². The molecule has 4 N–H and O–H groups in total. The molecule has 0 saturated heterocycles. The number of methoxy groups -OCH3 is 1. The van der Waals surface area contributed by atoms with E-state index in [9.17, 15) is 0 Å². The maximum atomic E-state index is 7.59. The van der Waals surface area contributed by atoms with Crippen molar-refractivity contribution in [1.29, 1.82) is 5.41 Å². The molecule has 0 unspecified atom stereocenters. The summed E-state index contributed by atoms with van der Waals surface area (Å²) in [6.45, 7) is 0.861. The standard InChI is InChI=1S/C14H17N5O/c1-20-12-5-3-2-4-9(12)8-11-10-6-7-17-13(10)19(18-11)14(15)16/h2-5,17H,6-8H2,1H3,(H3,15,16). The SMILES string of the molecule is COc1ccccc1Cc1nn(C(=N)N)c2c1CCN2. The fourth-order valence-corrected chi connectivity index (χ4v) is 2.59. The highest BCUT2D eigenvalue weighted by atomic mass is 16.5. The third kappa shape index (κ3) is 1.99. The number of nitrogens with zero attached hydrogens (tertiary/aromatic N) is 2. The quantitative estimate of drug-likeness (QED) is 0.578. The Kier molecular flexibility index (Phi) is 3.06. The zero-order chi connectivity index (χ0) is 14.1. The second-order valence-corrected chi connectivity index (χ2v) is 4.74. The van der Waals surface area contributed by atoms with E-state index < -0.39 is 0 Å². The first-order chi connectivity index (χ1) is 9.70. The highest BCUT2D eigenvalue weighted by Crippen LogP contribution is 2.29. The van der Waals surface area contributed by atoms with Gasteiger partial charge in [-0.05, 0) is 12.5 Å². The molecule has 2 heterocycles. The summed E-state index contributed by atoms with van der Waals surface area (Å²) in [6.07, 6.45) is 1.58. The summed E-state index contributed by atoms with van der Waals surface area (Å²) in [6, 6.07) is 7.90. The topological polar surface area (TPSA) is 89.0 Å². The Labute approximate surface area is 117 Å².